The number of H-pyrrole nitrogens is 1. The summed E-state index contributed by atoms with van der Waals surface area (Å²) in [6.07, 6.45) is 8.97. The van der Waals surface area contributed by atoms with Crippen molar-refractivity contribution in [2.24, 2.45) is 0 Å². The van der Waals surface area contributed by atoms with Crippen LogP contribution < -0.4 is 5.32 Å². The number of aromatic amines is 1. The molecule has 0 unspecified atom stereocenters. The quantitative estimate of drug-likeness (QED) is 0.571. The molecule has 0 aliphatic heterocycles. The molecule has 0 fully saturated rings. The lowest BCUT2D eigenvalue weighted by molar-refractivity contribution is 1.13. The van der Waals surface area contributed by atoms with E-state index in [0.29, 0.717) is 0 Å². The molecule has 1 aromatic carbocycles. The van der Waals surface area contributed by atoms with E-state index < -0.39 is 0 Å². The van der Waals surface area contributed by atoms with Crippen LogP contribution in [0.15, 0.2) is 67.1 Å². The number of aromatic nitrogens is 3. The molecule has 2 N–H and O–H groups in total. The van der Waals surface area contributed by atoms with Gasteiger partial charge in [0.05, 0.1) is 5.69 Å². The van der Waals surface area contributed by atoms with E-state index in [1.54, 1.807) is 0 Å². The molecule has 5 rings (SSSR count). The van der Waals surface area contributed by atoms with E-state index in [4.69, 9.17) is 4.98 Å². The van der Waals surface area contributed by atoms with Gasteiger partial charge in [0.1, 0.15) is 5.82 Å². The summed E-state index contributed by atoms with van der Waals surface area (Å²) in [5.74, 6) is 0.864. The number of benzene rings is 1. The van der Waals surface area contributed by atoms with Gasteiger partial charge in [-0.3, -0.25) is 4.98 Å². The zero-order chi connectivity index (χ0) is 17.5. The van der Waals surface area contributed by atoms with Crippen molar-refractivity contribution < 1.29 is 0 Å². The Labute approximate surface area is 151 Å². The number of allylic oxidation sites excluding steroid dienone is 1. The van der Waals surface area contributed by atoms with Gasteiger partial charge in [-0.05, 0) is 52.9 Å². The Bertz CT molecular complexity index is 1140. The molecule has 3 heterocycles. The highest BCUT2D eigenvalue weighted by Gasteiger charge is 2.18. The first-order valence-electron chi connectivity index (χ1n) is 8.73. The van der Waals surface area contributed by atoms with Gasteiger partial charge in [0.15, 0.2) is 0 Å². The Balaban J connectivity index is 1.56. The molecule has 4 aromatic rings. The maximum absolute atomic E-state index is 4.70. The second-order valence-electron chi connectivity index (χ2n) is 6.50. The van der Waals surface area contributed by atoms with Crippen LogP contribution in [0.3, 0.4) is 0 Å². The first kappa shape index (κ1) is 14.9. The van der Waals surface area contributed by atoms with Gasteiger partial charge in [-0.25, -0.2) is 4.98 Å². The smallest absolute Gasteiger partial charge is 0.125 e. The largest absolute Gasteiger partial charge is 0.373 e. The molecule has 0 bridgehead atoms. The number of rotatable bonds is 3. The van der Waals surface area contributed by atoms with E-state index in [-0.39, 0.29) is 0 Å². The minimum absolute atomic E-state index is 0.864. The van der Waals surface area contributed by atoms with E-state index in [0.717, 1.165) is 34.6 Å². The zero-order valence-corrected chi connectivity index (χ0v) is 14.5. The maximum atomic E-state index is 4.70. The molecule has 4 heteroatoms. The lowest BCUT2D eigenvalue weighted by Gasteiger charge is -2.09. The summed E-state index contributed by atoms with van der Waals surface area (Å²) in [6, 6.07) is 15.0. The number of fused-ring (bicyclic) bond motifs is 2. The lowest BCUT2D eigenvalue weighted by atomic mass is 9.97. The van der Waals surface area contributed by atoms with Crippen LogP contribution in [0.25, 0.3) is 27.6 Å². The van der Waals surface area contributed by atoms with Crippen molar-refractivity contribution in [1.82, 2.24) is 15.0 Å². The fraction of sp³-hybridized carbons (Fsp3) is 0.0909. The first-order chi connectivity index (χ1) is 12.8. The fourth-order valence-corrected chi connectivity index (χ4v) is 3.56. The first-order valence-corrected chi connectivity index (χ1v) is 8.73. The molecule has 1 aliphatic rings. The van der Waals surface area contributed by atoms with E-state index in [9.17, 15) is 0 Å². The third kappa shape index (κ3) is 2.39. The van der Waals surface area contributed by atoms with Gasteiger partial charge in [-0.15, -0.1) is 0 Å². The van der Waals surface area contributed by atoms with Crippen molar-refractivity contribution in [1.29, 1.82) is 0 Å². The van der Waals surface area contributed by atoms with Crippen LogP contribution in [-0.2, 0) is 6.42 Å². The van der Waals surface area contributed by atoms with Gasteiger partial charge in [-0.1, -0.05) is 12.1 Å². The van der Waals surface area contributed by atoms with Crippen LogP contribution >= 0.6 is 0 Å². The normalized spacial score (nSPS) is 12.9. The third-order valence-corrected chi connectivity index (χ3v) is 4.98. The highest BCUT2D eigenvalue weighted by Crippen LogP contribution is 2.35. The van der Waals surface area contributed by atoms with Gasteiger partial charge < -0.3 is 10.3 Å². The Morgan fingerprint density at radius 2 is 1.81 bits per heavy atom. The van der Waals surface area contributed by atoms with Gasteiger partial charge >= 0.3 is 0 Å². The SMILES string of the molecule is CNc1ccc(-c2cnc3c(c2)C(c2ccc4[nH]ccc4c2)=CC3)cn1. The molecule has 1 aliphatic carbocycles. The van der Waals surface area contributed by atoms with Crippen molar-refractivity contribution in [3.63, 3.8) is 0 Å². The van der Waals surface area contributed by atoms with E-state index in [1.165, 1.54) is 22.1 Å². The number of pyridine rings is 2. The molecule has 0 atom stereocenters. The zero-order valence-electron chi connectivity index (χ0n) is 14.5. The van der Waals surface area contributed by atoms with Gasteiger partial charge in [0, 0.05) is 54.3 Å². The van der Waals surface area contributed by atoms with E-state index >= 15 is 0 Å². The molecule has 126 valence electrons. The average Bonchev–Trinajstić information content (AvgIpc) is 3.33. The second kappa shape index (κ2) is 5.85. The van der Waals surface area contributed by atoms with Crippen molar-refractivity contribution in [3.8, 4) is 11.1 Å². The molecule has 0 saturated carbocycles. The van der Waals surface area contributed by atoms with Crippen molar-refractivity contribution in [2.75, 3.05) is 12.4 Å². The Morgan fingerprint density at radius 1 is 0.923 bits per heavy atom. The summed E-state index contributed by atoms with van der Waals surface area (Å²) in [6.45, 7) is 0. The third-order valence-electron chi connectivity index (χ3n) is 4.98. The predicted octanol–water partition coefficient (Wildman–Crippen LogP) is 4.65. The van der Waals surface area contributed by atoms with Gasteiger partial charge in [0.25, 0.3) is 0 Å². The van der Waals surface area contributed by atoms with Crippen LogP contribution in [0, 0.1) is 0 Å². The highest BCUT2D eigenvalue weighted by atomic mass is 14.9. The summed E-state index contributed by atoms with van der Waals surface area (Å²) < 4.78 is 0. The van der Waals surface area contributed by atoms with Crippen LogP contribution in [-0.4, -0.2) is 22.0 Å². The minimum atomic E-state index is 0.864. The highest BCUT2D eigenvalue weighted by molar-refractivity contribution is 5.90. The maximum Gasteiger partial charge on any atom is 0.125 e. The number of anilines is 1. The van der Waals surface area contributed by atoms with Crippen molar-refractivity contribution in [3.05, 3.63) is 84.0 Å². The molecule has 3 aromatic heterocycles. The number of hydrogen-bond donors (Lipinski definition) is 2. The van der Waals surface area contributed by atoms with Crippen LogP contribution in [0.5, 0.6) is 0 Å². The molecule has 0 spiro atoms. The number of nitrogens with zero attached hydrogens (tertiary/aromatic N) is 2. The lowest BCUT2D eigenvalue weighted by Crippen LogP contribution is -1.94. The summed E-state index contributed by atoms with van der Waals surface area (Å²) in [4.78, 5) is 12.4. The average molecular weight is 338 g/mol. The number of nitrogens with one attached hydrogen (secondary N) is 2. The Morgan fingerprint density at radius 3 is 2.65 bits per heavy atom. The van der Waals surface area contributed by atoms with Crippen LogP contribution in [0.4, 0.5) is 5.82 Å². The summed E-state index contributed by atoms with van der Waals surface area (Å²) in [7, 11) is 1.87. The molecule has 0 saturated heterocycles. The topological polar surface area (TPSA) is 53.6 Å². The van der Waals surface area contributed by atoms with Crippen LogP contribution in [0.1, 0.15) is 16.8 Å². The van der Waals surface area contributed by atoms with Crippen molar-refractivity contribution >= 4 is 22.3 Å². The van der Waals surface area contributed by atoms with Crippen molar-refractivity contribution in [2.45, 2.75) is 6.42 Å². The number of hydrogen-bond acceptors (Lipinski definition) is 3. The summed E-state index contributed by atoms with van der Waals surface area (Å²) in [5.41, 5.74) is 8.18. The second-order valence-corrected chi connectivity index (χ2v) is 6.50. The Kier molecular flexibility index (Phi) is 3.35. The fourth-order valence-electron chi connectivity index (χ4n) is 3.56. The summed E-state index contributed by atoms with van der Waals surface area (Å²) in [5, 5.41) is 4.28. The molecule has 26 heavy (non-hydrogen) atoms. The molecule has 4 nitrogen and oxygen atoms in total. The standard InChI is InChI=1S/C22H18N4/c1-23-22-7-3-16(12-26-22)17-11-19-18(4-6-21(19)25-13-17)14-2-5-20-15(10-14)8-9-24-20/h2-5,7-13,24H,6H2,1H3,(H,23,26). The minimum Gasteiger partial charge on any atom is -0.373 e. The Hall–Kier alpha value is -3.40. The van der Waals surface area contributed by atoms with E-state index in [2.05, 4.69) is 57.8 Å². The summed E-state index contributed by atoms with van der Waals surface area (Å²) >= 11 is 0. The van der Waals surface area contributed by atoms with E-state index in [1.807, 2.05) is 31.7 Å². The van der Waals surface area contributed by atoms with Gasteiger partial charge in [0.2, 0.25) is 0 Å². The molecule has 0 amide bonds. The van der Waals surface area contributed by atoms with Crippen LogP contribution in [0.2, 0.25) is 0 Å². The predicted molar refractivity (Wildman–Crippen MR) is 106 cm³/mol. The molecule has 0 radical (unpaired) electrons. The monoisotopic (exact) mass is 338 g/mol. The molecular formula is C22H18N4. The van der Waals surface area contributed by atoms with Gasteiger partial charge in [-0.2, -0.15) is 0 Å². The molecular weight excluding hydrogens is 320 g/mol.